The molecule has 0 heterocycles. The maximum Gasteiger partial charge on any atom is 0.303 e. The molecule has 204 valence electrons. The molecule has 3 aromatic carbocycles. The third kappa shape index (κ3) is 7.52. The highest BCUT2D eigenvalue weighted by atomic mass is 19.1. The summed E-state index contributed by atoms with van der Waals surface area (Å²) in [6, 6.07) is 18.2. The normalized spacial score (nSPS) is 13.8. The average molecular weight is 532 g/mol. The van der Waals surface area contributed by atoms with Crippen LogP contribution in [0, 0.1) is 17.2 Å². The van der Waals surface area contributed by atoms with Crippen molar-refractivity contribution in [1.82, 2.24) is 0 Å². The fraction of sp³-hybridized carbons (Fsp3) is 0.387. The second-order valence-corrected chi connectivity index (χ2v) is 11.0. The van der Waals surface area contributed by atoms with Gasteiger partial charge in [-0.25, -0.2) is 4.39 Å². The number of nitrogens with zero attached hydrogens (tertiary/aromatic N) is 3. The van der Waals surface area contributed by atoms with Crippen molar-refractivity contribution >= 4 is 5.97 Å². The Morgan fingerprint density at radius 2 is 1.92 bits per heavy atom. The summed E-state index contributed by atoms with van der Waals surface area (Å²) in [4.78, 5) is 14.3. The van der Waals surface area contributed by atoms with Gasteiger partial charge in [0, 0.05) is 17.0 Å². The van der Waals surface area contributed by atoms with Crippen molar-refractivity contribution < 1.29 is 23.8 Å². The first kappa shape index (κ1) is 28.0. The molecule has 3 aromatic rings. The van der Waals surface area contributed by atoms with Gasteiger partial charge in [-0.2, -0.15) is 0 Å². The quantitative estimate of drug-likeness (QED) is 0.137. The van der Waals surface area contributed by atoms with Crippen molar-refractivity contribution in [2.24, 2.45) is 16.4 Å². The molecule has 7 nitrogen and oxygen atoms in total. The minimum Gasteiger partial charge on any atom is -0.497 e. The van der Waals surface area contributed by atoms with Gasteiger partial charge in [0.25, 0.3) is 0 Å². The van der Waals surface area contributed by atoms with Crippen LogP contribution >= 0.6 is 0 Å². The van der Waals surface area contributed by atoms with Gasteiger partial charge in [-0.15, -0.1) is 0 Å². The maximum absolute atomic E-state index is 14.9. The van der Waals surface area contributed by atoms with E-state index in [1.807, 2.05) is 56.3 Å². The number of aliphatic carboxylic acids is 1. The van der Waals surface area contributed by atoms with Gasteiger partial charge >= 0.3 is 5.97 Å². The van der Waals surface area contributed by atoms with E-state index in [1.165, 1.54) is 6.07 Å². The third-order valence-corrected chi connectivity index (χ3v) is 7.14. The van der Waals surface area contributed by atoms with Gasteiger partial charge in [0.05, 0.1) is 13.5 Å². The van der Waals surface area contributed by atoms with Crippen molar-refractivity contribution in [3.63, 3.8) is 0 Å². The topological polar surface area (TPSA) is 105 Å². The highest BCUT2D eigenvalue weighted by molar-refractivity contribution is 5.70. The summed E-state index contributed by atoms with van der Waals surface area (Å²) in [7, 11) is 1.55. The summed E-state index contributed by atoms with van der Waals surface area (Å²) < 4.78 is 26.4. The van der Waals surface area contributed by atoms with E-state index in [4.69, 9.17) is 15.0 Å². The molecule has 1 atom stereocenters. The van der Waals surface area contributed by atoms with Gasteiger partial charge in [0.15, 0.2) is 0 Å². The van der Waals surface area contributed by atoms with E-state index in [9.17, 15) is 14.3 Å². The van der Waals surface area contributed by atoms with Crippen molar-refractivity contribution in [2.75, 3.05) is 13.7 Å². The molecule has 1 unspecified atom stereocenters. The molecule has 39 heavy (non-hydrogen) atoms. The van der Waals surface area contributed by atoms with Crippen LogP contribution in [-0.2, 0) is 17.8 Å². The van der Waals surface area contributed by atoms with Crippen LogP contribution in [0.25, 0.3) is 21.6 Å². The number of hydrogen-bond donors (Lipinski definition) is 1. The number of halogens is 1. The molecule has 1 saturated carbocycles. The number of carboxylic acids is 1. The van der Waals surface area contributed by atoms with Gasteiger partial charge < -0.3 is 14.6 Å². The molecule has 0 radical (unpaired) electrons. The fourth-order valence-electron chi connectivity index (χ4n) is 5.02. The second-order valence-electron chi connectivity index (χ2n) is 11.0. The number of ether oxygens (including phenoxy) is 2. The Kier molecular flexibility index (Phi) is 8.77. The van der Waals surface area contributed by atoms with E-state index in [1.54, 1.807) is 19.2 Å². The van der Waals surface area contributed by atoms with Gasteiger partial charge in [0.1, 0.15) is 23.9 Å². The van der Waals surface area contributed by atoms with Crippen molar-refractivity contribution in [1.29, 1.82) is 0 Å². The molecule has 0 saturated heterocycles. The monoisotopic (exact) mass is 531 g/mol. The van der Waals surface area contributed by atoms with Gasteiger partial charge in [0.2, 0.25) is 0 Å². The first-order valence-corrected chi connectivity index (χ1v) is 13.1. The number of methoxy groups -OCH3 is 1. The molecule has 0 aromatic heterocycles. The standard InChI is InChI=1S/C31H34FN3O4/c1-31(2,19-34-35-33)17-23-13-20(7-11-26(23)28-15-24(38-3)10-12-29(28)32)18-39-25-6-4-5-22(14-25)27(16-30(36)37)21-8-9-21/h4-7,10-15,21,27H,8-9,16-19H2,1-3H3,(H,36,37). The largest absolute Gasteiger partial charge is 0.497 e. The second kappa shape index (κ2) is 12.2. The van der Waals surface area contributed by atoms with Crippen LogP contribution in [-0.4, -0.2) is 24.7 Å². The van der Waals surface area contributed by atoms with Crippen molar-refractivity contribution in [3.8, 4) is 22.6 Å². The molecule has 0 bridgehead atoms. The SMILES string of the molecule is COc1ccc(F)c(-c2ccc(COc3cccc(C(CC(=O)O)C4CC4)c3)cc2CC(C)(C)CN=[N+]=[N-])c1. The van der Waals surface area contributed by atoms with Crippen LogP contribution in [0.15, 0.2) is 65.8 Å². The number of rotatable bonds is 13. The van der Waals surface area contributed by atoms with Crippen LogP contribution in [0.3, 0.4) is 0 Å². The number of carboxylic acid groups (broad SMARTS) is 1. The molecule has 0 spiro atoms. The highest BCUT2D eigenvalue weighted by Crippen LogP contribution is 2.45. The van der Waals surface area contributed by atoms with E-state index in [-0.39, 0.29) is 23.6 Å². The Hall–Kier alpha value is -4.03. The van der Waals surface area contributed by atoms with E-state index in [0.29, 0.717) is 42.6 Å². The van der Waals surface area contributed by atoms with E-state index in [2.05, 4.69) is 10.0 Å². The van der Waals surface area contributed by atoms with Gasteiger partial charge in [-0.1, -0.05) is 49.3 Å². The predicted octanol–water partition coefficient (Wildman–Crippen LogP) is 7.93. The Morgan fingerprint density at radius 3 is 2.62 bits per heavy atom. The van der Waals surface area contributed by atoms with Crippen LogP contribution in [0.1, 0.15) is 55.7 Å². The molecule has 1 N–H and O–H groups in total. The smallest absolute Gasteiger partial charge is 0.303 e. The molecular formula is C31H34FN3O4. The molecule has 0 amide bonds. The molecule has 8 heteroatoms. The summed E-state index contributed by atoms with van der Waals surface area (Å²) in [6.07, 6.45) is 2.79. The minimum atomic E-state index is -0.790. The highest BCUT2D eigenvalue weighted by Gasteiger charge is 2.33. The zero-order valence-electron chi connectivity index (χ0n) is 22.6. The summed E-state index contributed by atoms with van der Waals surface area (Å²) in [5, 5.41) is 13.1. The first-order valence-electron chi connectivity index (χ1n) is 13.1. The van der Waals surface area contributed by atoms with E-state index >= 15 is 0 Å². The minimum absolute atomic E-state index is 0.00648. The Morgan fingerprint density at radius 1 is 1.13 bits per heavy atom. The molecular weight excluding hydrogens is 497 g/mol. The lowest BCUT2D eigenvalue weighted by atomic mass is 9.82. The molecule has 1 fully saturated rings. The van der Waals surface area contributed by atoms with E-state index in [0.717, 1.165) is 35.1 Å². The summed E-state index contributed by atoms with van der Waals surface area (Å²) in [5.74, 6) is 0.506. The maximum atomic E-state index is 14.9. The van der Waals surface area contributed by atoms with E-state index < -0.39 is 5.97 Å². The van der Waals surface area contributed by atoms with Crippen molar-refractivity contribution in [3.05, 3.63) is 93.6 Å². The Balaban J connectivity index is 1.60. The zero-order chi connectivity index (χ0) is 28.0. The molecule has 4 rings (SSSR count). The molecule has 1 aliphatic carbocycles. The lowest BCUT2D eigenvalue weighted by Crippen LogP contribution is -2.19. The Bertz CT molecular complexity index is 1380. The summed E-state index contributed by atoms with van der Waals surface area (Å²) in [5.41, 5.74) is 12.5. The summed E-state index contributed by atoms with van der Waals surface area (Å²) >= 11 is 0. The van der Waals surface area contributed by atoms with Crippen LogP contribution in [0.4, 0.5) is 4.39 Å². The average Bonchev–Trinajstić information content (AvgIpc) is 3.75. The van der Waals surface area contributed by atoms with Crippen LogP contribution < -0.4 is 9.47 Å². The fourth-order valence-corrected chi connectivity index (χ4v) is 5.02. The van der Waals surface area contributed by atoms with Gasteiger partial charge in [-0.05, 0) is 94.6 Å². The number of hydrogen-bond acceptors (Lipinski definition) is 4. The number of azide groups is 1. The van der Waals surface area contributed by atoms with Crippen molar-refractivity contribution in [2.45, 2.75) is 52.1 Å². The first-order chi connectivity index (χ1) is 18.7. The lowest BCUT2D eigenvalue weighted by molar-refractivity contribution is -0.137. The van der Waals surface area contributed by atoms with Gasteiger partial charge in [-0.3, -0.25) is 4.79 Å². The third-order valence-electron chi connectivity index (χ3n) is 7.14. The molecule has 0 aliphatic heterocycles. The van der Waals surface area contributed by atoms with Crippen LogP contribution in [0.5, 0.6) is 11.5 Å². The lowest BCUT2D eigenvalue weighted by Gasteiger charge is -2.25. The number of carbonyl (C=O) groups is 1. The number of benzene rings is 3. The summed E-state index contributed by atoms with van der Waals surface area (Å²) in [6.45, 7) is 4.61. The predicted molar refractivity (Wildman–Crippen MR) is 148 cm³/mol. The molecule has 1 aliphatic rings. The Labute approximate surface area is 228 Å². The van der Waals surface area contributed by atoms with Crippen LogP contribution in [0.2, 0.25) is 0 Å². The zero-order valence-corrected chi connectivity index (χ0v) is 22.6.